The van der Waals surface area contributed by atoms with Crippen LogP contribution in [-0.4, -0.2) is 55.0 Å². The molecule has 0 fully saturated rings. The zero-order chi connectivity index (χ0) is 25.8. The zero-order valence-electron chi connectivity index (χ0n) is 20.7. The lowest BCUT2D eigenvalue weighted by molar-refractivity contribution is -0.134. The van der Waals surface area contributed by atoms with Crippen molar-refractivity contribution < 1.29 is 14.3 Å². The molecule has 5 nitrogen and oxygen atoms in total. The highest BCUT2D eigenvalue weighted by Gasteiger charge is 2.34. The van der Waals surface area contributed by atoms with E-state index in [0.29, 0.717) is 36.7 Å². The molecular weight excluding hydrogens is 504 g/mol. The number of hydrogen-bond acceptors (Lipinski definition) is 4. The lowest BCUT2D eigenvalue weighted by atomic mass is 9.93. The van der Waals surface area contributed by atoms with Crippen LogP contribution in [0.1, 0.15) is 38.8 Å². The number of benzene rings is 3. The van der Waals surface area contributed by atoms with Crippen LogP contribution in [0.25, 0.3) is 10.8 Å². The van der Waals surface area contributed by atoms with Crippen LogP contribution in [-0.2, 0) is 16.0 Å². The van der Waals surface area contributed by atoms with Gasteiger partial charge in [0.05, 0.1) is 6.04 Å². The predicted molar refractivity (Wildman–Crippen MR) is 149 cm³/mol. The van der Waals surface area contributed by atoms with Gasteiger partial charge in [0.1, 0.15) is 6.54 Å². The van der Waals surface area contributed by atoms with E-state index < -0.39 is 0 Å². The van der Waals surface area contributed by atoms with Crippen LogP contribution in [0.15, 0.2) is 78.2 Å². The lowest BCUT2D eigenvalue weighted by Gasteiger charge is -2.37. The number of amides is 2. The number of carbonyl (C=O) groups is 2. The number of nitrogens with zero attached hydrogens (tertiary/aromatic N) is 2. The average Bonchev–Trinajstić information content (AvgIpc) is 3.41. The minimum absolute atomic E-state index is 0.00925. The summed E-state index contributed by atoms with van der Waals surface area (Å²) in [5.74, 6) is -0.208. The number of ether oxygens (including phenoxy) is 1. The standard InChI is InChI=1S/C30H29ClN2O3S/c1-36-18-5-16-32(30(35)25-9-4-7-21-6-2-3-8-24(21)25)20-28(34)33-17-14-27-26(15-19-37-27)29(33)22-10-12-23(31)13-11-22/h2-4,6-13,15,19,29H,5,14,16-18,20H2,1H3. The molecule has 1 aliphatic heterocycles. The second-order valence-electron chi connectivity index (χ2n) is 9.19. The Morgan fingerprint density at radius 3 is 2.65 bits per heavy atom. The minimum atomic E-state index is -0.201. The van der Waals surface area contributed by atoms with Gasteiger partial charge in [-0.2, -0.15) is 0 Å². The monoisotopic (exact) mass is 532 g/mol. The van der Waals surface area contributed by atoms with Crippen molar-refractivity contribution in [2.24, 2.45) is 0 Å². The molecule has 2 heterocycles. The first-order valence-corrected chi connectivity index (χ1v) is 13.7. The molecule has 0 N–H and O–H groups in total. The van der Waals surface area contributed by atoms with E-state index in [2.05, 4.69) is 11.4 Å². The summed E-state index contributed by atoms with van der Waals surface area (Å²) in [6.07, 6.45) is 1.46. The number of thiophene rings is 1. The van der Waals surface area contributed by atoms with Gasteiger partial charge in [0, 0.05) is 42.3 Å². The van der Waals surface area contributed by atoms with Crippen molar-refractivity contribution >= 4 is 45.5 Å². The molecule has 5 rings (SSSR count). The van der Waals surface area contributed by atoms with Crippen LogP contribution in [0.2, 0.25) is 5.02 Å². The highest BCUT2D eigenvalue weighted by Crippen LogP contribution is 2.38. The molecule has 0 aliphatic carbocycles. The summed E-state index contributed by atoms with van der Waals surface area (Å²) in [6, 6.07) is 23.2. The van der Waals surface area contributed by atoms with E-state index >= 15 is 0 Å². The molecule has 0 radical (unpaired) electrons. The highest BCUT2D eigenvalue weighted by atomic mass is 35.5. The Kier molecular flexibility index (Phi) is 7.89. The maximum Gasteiger partial charge on any atom is 0.254 e. The molecule has 1 aliphatic rings. The second kappa shape index (κ2) is 11.5. The smallest absolute Gasteiger partial charge is 0.254 e. The van der Waals surface area contributed by atoms with E-state index in [1.54, 1.807) is 23.3 Å². The van der Waals surface area contributed by atoms with Crippen LogP contribution in [0.4, 0.5) is 0 Å². The zero-order valence-corrected chi connectivity index (χ0v) is 22.3. The first-order valence-electron chi connectivity index (χ1n) is 12.4. The largest absolute Gasteiger partial charge is 0.385 e. The first kappa shape index (κ1) is 25.5. The van der Waals surface area contributed by atoms with Crippen LogP contribution in [0.5, 0.6) is 0 Å². The topological polar surface area (TPSA) is 49.9 Å². The van der Waals surface area contributed by atoms with Crippen molar-refractivity contribution in [2.45, 2.75) is 18.9 Å². The summed E-state index contributed by atoms with van der Waals surface area (Å²) in [7, 11) is 1.64. The summed E-state index contributed by atoms with van der Waals surface area (Å²) in [5, 5.41) is 4.63. The second-order valence-corrected chi connectivity index (χ2v) is 10.6. The number of hydrogen-bond donors (Lipinski definition) is 0. The Morgan fingerprint density at radius 2 is 1.84 bits per heavy atom. The van der Waals surface area contributed by atoms with Crippen molar-refractivity contribution in [3.8, 4) is 0 Å². The maximum atomic E-state index is 13.9. The third-order valence-corrected chi connectivity index (χ3v) is 8.13. The van der Waals surface area contributed by atoms with E-state index in [9.17, 15) is 9.59 Å². The third-order valence-electron chi connectivity index (χ3n) is 6.88. The molecule has 1 atom stereocenters. The quantitative estimate of drug-likeness (QED) is 0.254. The van der Waals surface area contributed by atoms with Crippen molar-refractivity contribution in [3.05, 3.63) is 105 Å². The number of halogens is 1. The third kappa shape index (κ3) is 5.42. The average molecular weight is 533 g/mol. The van der Waals surface area contributed by atoms with Crippen LogP contribution in [0.3, 0.4) is 0 Å². The van der Waals surface area contributed by atoms with Crippen LogP contribution in [0, 0.1) is 0 Å². The molecule has 3 aromatic carbocycles. The number of rotatable bonds is 8. The van der Waals surface area contributed by atoms with Gasteiger partial charge < -0.3 is 14.5 Å². The van der Waals surface area contributed by atoms with Gasteiger partial charge in [-0.3, -0.25) is 9.59 Å². The molecule has 0 saturated carbocycles. The number of fused-ring (bicyclic) bond motifs is 2. The Morgan fingerprint density at radius 1 is 1.05 bits per heavy atom. The summed E-state index contributed by atoms with van der Waals surface area (Å²) < 4.78 is 5.24. The summed E-state index contributed by atoms with van der Waals surface area (Å²) in [4.78, 5) is 32.6. The van der Waals surface area contributed by atoms with Gasteiger partial charge in [0.15, 0.2) is 0 Å². The van der Waals surface area contributed by atoms with Gasteiger partial charge in [0.2, 0.25) is 5.91 Å². The molecule has 4 aromatic rings. The fourth-order valence-corrected chi connectivity index (χ4v) is 6.11. The Balaban J connectivity index is 1.45. The molecule has 0 saturated heterocycles. The molecule has 2 amide bonds. The molecule has 190 valence electrons. The van der Waals surface area contributed by atoms with E-state index in [0.717, 1.165) is 28.3 Å². The molecule has 0 bridgehead atoms. The summed E-state index contributed by atoms with van der Waals surface area (Å²) in [5.41, 5.74) is 2.78. The molecule has 37 heavy (non-hydrogen) atoms. The van der Waals surface area contributed by atoms with Gasteiger partial charge in [-0.1, -0.05) is 60.1 Å². The predicted octanol–water partition coefficient (Wildman–Crippen LogP) is 6.21. The Labute approximate surface area is 226 Å². The van der Waals surface area contributed by atoms with Crippen LogP contribution >= 0.6 is 22.9 Å². The Hall–Kier alpha value is -3.19. The van der Waals surface area contributed by atoms with Crippen molar-refractivity contribution in [1.29, 1.82) is 0 Å². The van der Waals surface area contributed by atoms with Gasteiger partial charge >= 0.3 is 0 Å². The highest BCUT2D eigenvalue weighted by molar-refractivity contribution is 7.10. The summed E-state index contributed by atoms with van der Waals surface area (Å²) in [6.45, 7) is 1.57. The fourth-order valence-electron chi connectivity index (χ4n) is 5.08. The van der Waals surface area contributed by atoms with Crippen molar-refractivity contribution in [2.75, 3.05) is 33.4 Å². The van der Waals surface area contributed by atoms with Gasteiger partial charge in [0.25, 0.3) is 5.91 Å². The molecule has 7 heteroatoms. The SMILES string of the molecule is COCCCN(CC(=O)N1CCc2sccc2C1c1ccc(Cl)cc1)C(=O)c1cccc2ccccc12. The lowest BCUT2D eigenvalue weighted by Crippen LogP contribution is -2.47. The van der Waals surface area contributed by atoms with Gasteiger partial charge in [-0.25, -0.2) is 0 Å². The van der Waals surface area contributed by atoms with Crippen molar-refractivity contribution in [3.63, 3.8) is 0 Å². The fraction of sp³-hybridized carbons (Fsp3) is 0.267. The van der Waals surface area contributed by atoms with Crippen LogP contribution < -0.4 is 0 Å². The Bertz CT molecular complexity index is 1400. The van der Waals surface area contributed by atoms with Gasteiger partial charge in [-0.15, -0.1) is 11.3 Å². The van der Waals surface area contributed by atoms with E-state index in [1.807, 2.05) is 71.6 Å². The first-order chi connectivity index (χ1) is 18.1. The van der Waals surface area contributed by atoms with Crippen molar-refractivity contribution in [1.82, 2.24) is 9.80 Å². The summed E-state index contributed by atoms with van der Waals surface area (Å²) >= 11 is 7.89. The van der Waals surface area contributed by atoms with E-state index in [1.165, 1.54) is 4.88 Å². The molecular formula is C30H29ClN2O3S. The number of methoxy groups -OCH3 is 1. The molecule has 0 spiro atoms. The molecule has 1 unspecified atom stereocenters. The normalized spacial score (nSPS) is 15.0. The minimum Gasteiger partial charge on any atom is -0.385 e. The van der Waals surface area contributed by atoms with E-state index in [4.69, 9.17) is 16.3 Å². The van der Waals surface area contributed by atoms with E-state index in [-0.39, 0.29) is 24.4 Å². The maximum absolute atomic E-state index is 13.9. The molecule has 1 aromatic heterocycles. The number of carbonyl (C=O) groups excluding carboxylic acids is 2. The van der Waals surface area contributed by atoms with Gasteiger partial charge in [-0.05, 0) is 64.4 Å².